The Hall–Kier alpha value is -2.33. The molecule has 0 aliphatic heterocycles. The Kier molecular flexibility index (Phi) is 3.88. The second-order valence-electron chi connectivity index (χ2n) is 4.85. The molecule has 0 unspecified atom stereocenters. The van der Waals surface area contributed by atoms with E-state index in [2.05, 4.69) is 27.8 Å². The highest BCUT2D eigenvalue weighted by Crippen LogP contribution is 2.24. The molecule has 0 atom stereocenters. The highest BCUT2D eigenvalue weighted by molar-refractivity contribution is 7.09. The first-order valence-electron chi connectivity index (χ1n) is 6.76. The maximum absolute atomic E-state index is 9.41. The molecular formula is C17H16N2OS. The number of rotatable bonds is 4. The Morgan fingerprint density at radius 2 is 1.95 bits per heavy atom. The number of hydrogen-bond donors (Lipinski definition) is 2. The van der Waals surface area contributed by atoms with Gasteiger partial charge in [-0.25, -0.2) is 4.98 Å². The first-order valence-corrected chi connectivity index (χ1v) is 7.63. The van der Waals surface area contributed by atoms with E-state index in [1.165, 1.54) is 0 Å². The smallest absolute Gasteiger partial charge is 0.115 e. The zero-order chi connectivity index (χ0) is 14.7. The van der Waals surface area contributed by atoms with Crippen LogP contribution >= 0.6 is 11.3 Å². The first kappa shape index (κ1) is 13.6. The maximum atomic E-state index is 9.41. The summed E-state index contributed by atoms with van der Waals surface area (Å²) >= 11 is 1.65. The molecule has 0 bridgehead atoms. The van der Waals surface area contributed by atoms with Gasteiger partial charge < -0.3 is 10.4 Å². The molecule has 4 heteroatoms. The van der Waals surface area contributed by atoms with Crippen LogP contribution in [0.5, 0.6) is 5.75 Å². The fraction of sp³-hybridized carbons (Fsp3) is 0.118. The minimum atomic E-state index is 0.290. The Bertz CT molecular complexity index is 738. The van der Waals surface area contributed by atoms with Gasteiger partial charge in [0, 0.05) is 16.6 Å². The normalized spacial score (nSPS) is 10.5. The van der Waals surface area contributed by atoms with Crippen LogP contribution in [0.1, 0.15) is 10.6 Å². The topological polar surface area (TPSA) is 45.1 Å². The molecular weight excluding hydrogens is 280 g/mol. The third-order valence-corrected chi connectivity index (χ3v) is 4.11. The molecule has 0 spiro atoms. The summed E-state index contributed by atoms with van der Waals surface area (Å²) in [5, 5.41) is 15.9. The number of aromatic hydroxyl groups is 1. The molecule has 3 nitrogen and oxygen atoms in total. The van der Waals surface area contributed by atoms with E-state index in [1.54, 1.807) is 23.5 Å². The lowest BCUT2D eigenvalue weighted by Crippen LogP contribution is -2.00. The Morgan fingerprint density at radius 3 is 2.71 bits per heavy atom. The van der Waals surface area contributed by atoms with Crippen molar-refractivity contribution in [2.24, 2.45) is 0 Å². The van der Waals surface area contributed by atoms with Crippen LogP contribution in [-0.4, -0.2) is 10.1 Å². The van der Waals surface area contributed by atoms with Crippen LogP contribution < -0.4 is 5.32 Å². The lowest BCUT2D eigenvalue weighted by molar-refractivity contribution is 0.475. The molecule has 0 aliphatic carbocycles. The molecule has 3 aromatic rings. The Morgan fingerprint density at radius 1 is 1.14 bits per heavy atom. The number of thiazole rings is 1. The zero-order valence-electron chi connectivity index (χ0n) is 11.7. The summed E-state index contributed by atoms with van der Waals surface area (Å²) < 4.78 is 0. The van der Waals surface area contributed by atoms with Gasteiger partial charge in [0.05, 0.1) is 12.2 Å². The highest BCUT2D eigenvalue weighted by atomic mass is 32.1. The largest absolute Gasteiger partial charge is 0.508 e. The molecule has 2 aromatic carbocycles. The summed E-state index contributed by atoms with van der Waals surface area (Å²) in [6.45, 7) is 2.66. The van der Waals surface area contributed by atoms with Crippen LogP contribution in [0.3, 0.4) is 0 Å². The van der Waals surface area contributed by atoms with E-state index in [1.807, 2.05) is 31.2 Å². The Balaban J connectivity index is 1.70. The Labute approximate surface area is 127 Å². The molecule has 0 saturated carbocycles. The number of aryl methyl sites for hydroxylation is 1. The van der Waals surface area contributed by atoms with E-state index in [0.29, 0.717) is 12.3 Å². The number of hydrogen-bond acceptors (Lipinski definition) is 4. The predicted octanol–water partition coefficient (Wildman–Crippen LogP) is 4.44. The zero-order valence-corrected chi connectivity index (χ0v) is 12.5. The van der Waals surface area contributed by atoms with E-state index in [4.69, 9.17) is 0 Å². The van der Waals surface area contributed by atoms with Crippen LogP contribution in [-0.2, 0) is 6.54 Å². The van der Waals surface area contributed by atoms with Crippen LogP contribution in [0.25, 0.3) is 11.3 Å². The van der Waals surface area contributed by atoms with Gasteiger partial charge in [0.1, 0.15) is 10.8 Å². The summed E-state index contributed by atoms with van der Waals surface area (Å²) in [6, 6.07) is 15.5. The number of phenols is 1. The SMILES string of the molecule is Cc1cc(O)ccc1NCc1nc(-c2ccccc2)cs1. The second kappa shape index (κ2) is 5.97. The van der Waals surface area contributed by atoms with Crippen LogP contribution in [0.4, 0.5) is 5.69 Å². The van der Waals surface area contributed by atoms with E-state index in [9.17, 15) is 5.11 Å². The third-order valence-electron chi connectivity index (χ3n) is 3.26. The molecule has 0 fully saturated rings. The summed E-state index contributed by atoms with van der Waals surface area (Å²) in [4.78, 5) is 4.65. The third kappa shape index (κ3) is 3.23. The summed E-state index contributed by atoms with van der Waals surface area (Å²) in [7, 11) is 0. The molecule has 0 radical (unpaired) electrons. The molecule has 2 N–H and O–H groups in total. The highest BCUT2D eigenvalue weighted by Gasteiger charge is 2.05. The number of nitrogens with zero attached hydrogens (tertiary/aromatic N) is 1. The summed E-state index contributed by atoms with van der Waals surface area (Å²) in [5.74, 6) is 0.290. The van der Waals surface area contributed by atoms with Gasteiger partial charge in [0.15, 0.2) is 0 Å². The molecule has 3 rings (SSSR count). The maximum Gasteiger partial charge on any atom is 0.115 e. The second-order valence-corrected chi connectivity index (χ2v) is 5.79. The van der Waals surface area contributed by atoms with Crippen LogP contribution in [0.2, 0.25) is 0 Å². The van der Waals surface area contributed by atoms with Crippen LogP contribution in [0, 0.1) is 6.92 Å². The van der Waals surface area contributed by atoms with E-state index < -0.39 is 0 Å². The summed E-state index contributed by atoms with van der Waals surface area (Å²) in [5.41, 5.74) is 4.19. The van der Waals surface area contributed by atoms with Crippen molar-refractivity contribution >= 4 is 17.0 Å². The van der Waals surface area contributed by atoms with Gasteiger partial charge in [0.2, 0.25) is 0 Å². The van der Waals surface area contributed by atoms with Crippen LogP contribution in [0.15, 0.2) is 53.9 Å². The molecule has 21 heavy (non-hydrogen) atoms. The number of benzene rings is 2. The molecule has 106 valence electrons. The van der Waals surface area contributed by atoms with Gasteiger partial charge in [0.25, 0.3) is 0 Å². The van der Waals surface area contributed by atoms with Crippen molar-refractivity contribution in [2.45, 2.75) is 13.5 Å². The van der Waals surface area contributed by atoms with Gasteiger partial charge in [-0.15, -0.1) is 11.3 Å². The fourth-order valence-electron chi connectivity index (χ4n) is 2.15. The van der Waals surface area contributed by atoms with Crippen molar-refractivity contribution in [1.29, 1.82) is 0 Å². The average molecular weight is 296 g/mol. The van der Waals surface area contributed by atoms with Gasteiger partial charge in [-0.05, 0) is 30.7 Å². The molecule has 1 heterocycles. The lowest BCUT2D eigenvalue weighted by Gasteiger charge is -2.08. The molecule has 0 saturated heterocycles. The molecule has 0 amide bonds. The summed E-state index contributed by atoms with van der Waals surface area (Å²) in [6.07, 6.45) is 0. The van der Waals surface area contributed by atoms with Gasteiger partial charge in [-0.2, -0.15) is 0 Å². The standard InChI is InChI=1S/C17H16N2OS/c1-12-9-14(20)7-8-15(12)18-10-17-19-16(11-21-17)13-5-3-2-4-6-13/h2-9,11,18,20H,10H2,1H3. The van der Waals surface area contributed by atoms with E-state index >= 15 is 0 Å². The monoisotopic (exact) mass is 296 g/mol. The van der Waals surface area contributed by atoms with Gasteiger partial charge in [-0.1, -0.05) is 30.3 Å². The number of phenolic OH excluding ortho intramolecular Hbond substituents is 1. The minimum absolute atomic E-state index is 0.290. The van der Waals surface area contributed by atoms with Crippen molar-refractivity contribution in [3.63, 3.8) is 0 Å². The number of aromatic nitrogens is 1. The quantitative estimate of drug-likeness (QED) is 0.700. The first-order chi connectivity index (χ1) is 10.2. The number of anilines is 1. The van der Waals surface area contributed by atoms with Gasteiger partial charge >= 0.3 is 0 Å². The van der Waals surface area contributed by atoms with E-state index in [0.717, 1.165) is 27.5 Å². The minimum Gasteiger partial charge on any atom is -0.508 e. The van der Waals surface area contributed by atoms with Crippen molar-refractivity contribution < 1.29 is 5.11 Å². The lowest BCUT2D eigenvalue weighted by atomic mass is 10.2. The molecule has 0 aliphatic rings. The number of nitrogens with one attached hydrogen (secondary N) is 1. The fourth-order valence-corrected chi connectivity index (χ4v) is 2.89. The van der Waals surface area contributed by atoms with Crippen molar-refractivity contribution in [1.82, 2.24) is 4.98 Å². The van der Waals surface area contributed by atoms with Crippen molar-refractivity contribution in [3.05, 3.63) is 64.5 Å². The van der Waals surface area contributed by atoms with Crippen molar-refractivity contribution in [3.8, 4) is 17.0 Å². The average Bonchev–Trinajstić information content (AvgIpc) is 2.96. The van der Waals surface area contributed by atoms with Gasteiger partial charge in [-0.3, -0.25) is 0 Å². The van der Waals surface area contributed by atoms with E-state index in [-0.39, 0.29) is 0 Å². The molecule has 1 aromatic heterocycles. The van der Waals surface area contributed by atoms with Crippen molar-refractivity contribution in [2.75, 3.05) is 5.32 Å². The predicted molar refractivity (Wildman–Crippen MR) is 87.7 cm³/mol.